The molecule has 1 aromatic carbocycles. The summed E-state index contributed by atoms with van der Waals surface area (Å²) >= 11 is 9.45. The van der Waals surface area contributed by atoms with Gasteiger partial charge in [-0.05, 0) is 52.7 Å². The van der Waals surface area contributed by atoms with Crippen molar-refractivity contribution in [2.24, 2.45) is 0 Å². The van der Waals surface area contributed by atoms with Crippen molar-refractivity contribution in [2.45, 2.75) is 19.8 Å². The van der Waals surface area contributed by atoms with Crippen molar-refractivity contribution < 1.29 is 4.79 Å². The van der Waals surface area contributed by atoms with Gasteiger partial charge in [-0.3, -0.25) is 9.78 Å². The van der Waals surface area contributed by atoms with E-state index in [4.69, 9.17) is 11.6 Å². The minimum atomic E-state index is 0.0201. The molecule has 132 valence electrons. The van der Waals surface area contributed by atoms with Gasteiger partial charge in [-0.2, -0.15) is 0 Å². The van der Waals surface area contributed by atoms with Gasteiger partial charge in [0.1, 0.15) is 12.1 Å². The van der Waals surface area contributed by atoms with Crippen LogP contribution in [0, 0.1) is 0 Å². The van der Waals surface area contributed by atoms with Crippen molar-refractivity contribution >= 4 is 55.7 Å². The molecule has 0 radical (unpaired) electrons. The van der Waals surface area contributed by atoms with Crippen LogP contribution in [0.15, 0.2) is 53.4 Å². The third-order valence-electron chi connectivity index (χ3n) is 3.66. The minimum Gasteiger partial charge on any atom is -0.340 e. The lowest BCUT2D eigenvalue weighted by molar-refractivity contribution is -0.114. The first-order valence-corrected chi connectivity index (χ1v) is 9.25. The molecule has 0 amide bonds. The number of halogens is 2. The highest BCUT2D eigenvalue weighted by Crippen LogP contribution is 2.29. The Kier molecular flexibility index (Phi) is 5.96. The van der Waals surface area contributed by atoms with Gasteiger partial charge in [-0.25, -0.2) is 9.97 Å². The van der Waals surface area contributed by atoms with Crippen LogP contribution >= 0.6 is 27.5 Å². The largest absolute Gasteiger partial charge is 0.340 e. The summed E-state index contributed by atoms with van der Waals surface area (Å²) in [5, 5.41) is 4.70. The number of pyridine rings is 1. The van der Waals surface area contributed by atoms with Crippen LogP contribution in [0.3, 0.4) is 0 Å². The molecule has 0 saturated carbocycles. The molecule has 0 unspecified atom stereocenters. The molecule has 0 saturated heterocycles. The van der Waals surface area contributed by atoms with E-state index in [-0.39, 0.29) is 12.2 Å². The topological polar surface area (TPSA) is 67.8 Å². The highest BCUT2D eigenvalue weighted by Gasteiger charge is 2.09. The Morgan fingerprint density at radius 3 is 2.88 bits per heavy atom. The Morgan fingerprint density at radius 1 is 1.27 bits per heavy atom. The highest BCUT2D eigenvalue weighted by molar-refractivity contribution is 9.10. The number of carbonyl (C=O) groups is 1. The smallest absolute Gasteiger partial charge is 0.161 e. The predicted octanol–water partition coefficient (Wildman–Crippen LogP) is 5.26. The van der Waals surface area contributed by atoms with Crippen molar-refractivity contribution in [3.05, 3.63) is 64.1 Å². The van der Waals surface area contributed by atoms with E-state index in [0.29, 0.717) is 22.1 Å². The van der Waals surface area contributed by atoms with Crippen LogP contribution < -0.4 is 5.32 Å². The molecular formula is C19H16BrClN4O. The summed E-state index contributed by atoms with van der Waals surface area (Å²) < 4.78 is 0.790. The summed E-state index contributed by atoms with van der Waals surface area (Å²) in [5.41, 5.74) is 2.22. The first-order valence-electron chi connectivity index (χ1n) is 8.08. The molecule has 0 aliphatic heterocycles. The quantitative estimate of drug-likeness (QED) is 0.539. The fraction of sp³-hybridized carbons (Fsp3) is 0.158. The van der Waals surface area contributed by atoms with Crippen LogP contribution in [0.25, 0.3) is 10.9 Å². The van der Waals surface area contributed by atoms with Crippen LogP contribution in [0.2, 0.25) is 5.02 Å². The van der Waals surface area contributed by atoms with Gasteiger partial charge in [0, 0.05) is 21.2 Å². The maximum absolute atomic E-state index is 12.0. The lowest BCUT2D eigenvalue weighted by Crippen LogP contribution is -2.02. The van der Waals surface area contributed by atoms with E-state index >= 15 is 0 Å². The van der Waals surface area contributed by atoms with Gasteiger partial charge >= 0.3 is 0 Å². The molecule has 0 bridgehead atoms. The number of hydrogen-bond acceptors (Lipinski definition) is 5. The van der Waals surface area contributed by atoms with Crippen molar-refractivity contribution in [3.63, 3.8) is 0 Å². The third kappa shape index (κ3) is 4.45. The normalized spacial score (nSPS) is 11.2. The molecule has 3 aromatic rings. The standard InChI is InChI=1S/C19H16BrClN4O/c1-2-3-4-14(26)7-13-8-15-18(10-22-13)23-11-24-19(15)25-12-5-6-17(21)16(20)9-12/h3-6,8-11H,2,7H2,1H3,(H,23,24,25)/b4-3+. The second-order valence-electron chi connectivity index (χ2n) is 5.62. The maximum Gasteiger partial charge on any atom is 0.161 e. The van der Waals surface area contributed by atoms with Crippen molar-refractivity contribution in [1.82, 2.24) is 15.0 Å². The molecule has 2 aromatic heterocycles. The fourth-order valence-electron chi connectivity index (χ4n) is 2.40. The molecule has 0 spiro atoms. The first-order chi connectivity index (χ1) is 12.6. The number of benzene rings is 1. The van der Waals surface area contributed by atoms with Crippen molar-refractivity contribution in [2.75, 3.05) is 5.32 Å². The van der Waals surface area contributed by atoms with Gasteiger partial charge < -0.3 is 5.32 Å². The summed E-state index contributed by atoms with van der Waals surface area (Å²) in [4.78, 5) is 24.9. The second-order valence-corrected chi connectivity index (χ2v) is 6.88. The van der Waals surface area contributed by atoms with Crippen LogP contribution in [-0.4, -0.2) is 20.7 Å². The Bertz CT molecular complexity index is 990. The fourth-order valence-corrected chi connectivity index (χ4v) is 2.89. The third-order valence-corrected chi connectivity index (χ3v) is 4.87. The van der Waals surface area contributed by atoms with Crippen molar-refractivity contribution in [1.29, 1.82) is 0 Å². The van der Waals surface area contributed by atoms with E-state index in [1.54, 1.807) is 18.3 Å². The summed E-state index contributed by atoms with van der Waals surface area (Å²) in [6, 6.07) is 7.38. The molecule has 0 aliphatic carbocycles. The number of nitrogens with one attached hydrogen (secondary N) is 1. The molecule has 7 heteroatoms. The molecule has 0 atom stereocenters. The van der Waals surface area contributed by atoms with Gasteiger partial charge in [-0.15, -0.1) is 0 Å². The highest BCUT2D eigenvalue weighted by atomic mass is 79.9. The second kappa shape index (κ2) is 8.38. The Morgan fingerprint density at radius 2 is 2.12 bits per heavy atom. The van der Waals surface area contributed by atoms with Gasteiger partial charge in [0.2, 0.25) is 0 Å². The van der Waals surface area contributed by atoms with Crippen molar-refractivity contribution in [3.8, 4) is 0 Å². The lowest BCUT2D eigenvalue weighted by Gasteiger charge is -2.10. The molecule has 26 heavy (non-hydrogen) atoms. The van der Waals surface area contributed by atoms with E-state index in [9.17, 15) is 4.79 Å². The van der Waals surface area contributed by atoms with Crippen LogP contribution in [0.1, 0.15) is 19.0 Å². The number of ketones is 1. The van der Waals surface area contributed by atoms with E-state index in [2.05, 4.69) is 36.2 Å². The number of nitrogens with zero attached hydrogens (tertiary/aromatic N) is 3. The lowest BCUT2D eigenvalue weighted by atomic mass is 10.1. The average molecular weight is 432 g/mol. The molecule has 2 heterocycles. The maximum atomic E-state index is 12.0. The number of hydrogen-bond donors (Lipinski definition) is 1. The van der Waals surface area contributed by atoms with Crippen LogP contribution in [0.4, 0.5) is 11.5 Å². The molecule has 5 nitrogen and oxygen atoms in total. The van der Waals surface area contributed by atoms with Crippen LogP contribution in [-0.2, 0) is 11.2 Å². The van der Waals surface area contributed by atoms with Crippen LogP contribution in [0.5, 0.6) is 0 Å². The SMILES string of the molecule is CC/C=C/C(=O)Cc1cc2c(Nc3ccc(Cl)c(Br)c3)ncnc2cn1. The number of anilines is 2. The summed E-state index contributed by atoms with van der Waals surface area (Å²) in [5.74, 6) is 0.663. The molecular weight excluding hydrogens is 416 g/mol. The number of rotatable bonds is 6. The summed E-state index contributed by atoms with van der Waals surface area (Å²) in [6.45, 7) is 1.99. The average Bonchev–Trinajstić information content (AvgIpc) is 2.63. The zero-order valence-corrected chi connectivity index (χ0v) is 16.4. The Hall–Kier alpha value is -2.31. The van der Waals surface area contributed by atoms with E-state index < -0.39 is 0 Å². The van der Waals surface area contributed by atoms with E-state index in [1.165, 1.54) is 6.33 Å². The summed E-state index contributed by atoms with van der Waals surface area (Å²) in [6.07, 6.45) is 7.65. The number of fused-ring (bicyclic) bond motifs is 1. The van der Waals surface area contributed by atoms with Gasteiger partial charge in [0.25, 0.3) is 0 Å². The predicted molar refractivity (Wildman–Crippen MR) is 108 cm³/mol. The Balaban J connectivity index is 1.92. The molecule has 1 N–H and O–H groups in total. The zero-order chi connectivity index (χ0) is 18.5. The molecule has 3 rings (SSSR count). The van der Waals surface area contributed by atoms with E-state index in [0.717, 1.165) is 22.0 Å². The van der Waals surface area contributed by atoms with Gasteiger partial charge in [0.15, 0.2) is 5.78 Å². The molecule has 0 aliphatic rings. The van der Waals surface area contributed by atoms with E-state index in [1.807, 2.05) is 31.2 Å². The van der Waals surface area contributed by atoms with Gasteiger partial charge in [-0.1, -0.05) is 24.6 Å². The minimum absolute atomic E-state index is 0.0201. The van der Waals surface area contributed by atoms with Gasteiger partial charge in [0.05, 0.1) is 23.2 Å². The summed E-state index contributed by atoms with van der Waals surface area (Å²) in [7, 11) is 0. The number of carbonyl (C=O) groups excluding carboxylic acids is 1. The molecule has 0 fully saturated rings. The monoisotopic (exact) mass is 430 g/mol. The number of allylic oxidation sites excluding steroid dienone is 2. The number of aromatic nitrogens is 3. The Labute approximate surface area is 164 Å². The first kappa shape index (κ1) is 18.5. The zero-order valence-electron chi connectivity index (χ0n) is 14.0.